The minimum atomic E-state index is -3.36. The molecule has 3 fully saturated rings. The third kappa shape index (κ3) is 125. The summed E-state index contributed by atoms with van der Waals surface area (Å²) in [5.41, 5.74) is -0.730. The van der Waals surface area contributed by atoms with Crippen molar-refractivity contribution in [3.63, 3.8) is 0 Å². The summed E-state index contributed by atoms with van der Waals surface area (Å²) in [5, 5.41) is 19.5. The predicted octanol–water partition coefficient (Wildman–Crippen LogP) is 23.0. The van der Waals surface area contributed by atoms with E-state index in [2.05, 4.69) is 72.1 Å². The molecule has 1 saturated carbocycles. The summed E-state index contributed by atoms with van der Waals surface area (Å²) in [6, 6.07) is -0.369. The van der Waals surface area contributed by atoms with Crippen molar-refractivity contribution in [3.8, 4) is 0 Å². The Balaban J connectivity index is -0.000000505. The lowest BCUT2D eigenvalue weighted by Crippen LogP contribution is -3.15. The summed E-state index contributed by atoms with van der Waals surface area (Å²) >= 11 is 2.32. The van der Waals surface area contributed by atoms with Crippen LogP contribution in [-0.2, 0) is 94.6 Å². The molecule has 0 amide bonds. The van der Waals surface area contributed by atoms with Gasteiger partial charge in [-0.3, -0.25) is 8.98 Å². The number of esters is 2. The predicted molar refractivity (Wildman–Crippen MR) is 572 cm³/mol. The van der Waals surface area contributed by atoms with Crippen LogP contribution in [0.25, 0.3) is 0 Å². The fourth-order valence-corrected chi connectivity index (χ4v) is 16.4. The number of likely N-dealkylation sites (tertiary alicyclic amines) is 2. The summed E-state index contributed by atoms with van der Waals surface area (Å²) < 4.78 is 111. The Labute approximate surface area is 856 Å². The number of hydrogen-bond acceptors (Lipinski definition) is 22. The van der Waals surface area contributed by atoms with Crippen molar-refractivity contribution in [2.45, 2.75) is 486 Å². The van der Waals surface area contributed by atoms with E-state index in [9.17, 15) is 36.3 Å². The fourth-order valence-electron chi connectivity index (χ4n) is 15.7. The average Bonchev–Trinajstić information content (AvgIpc) is 1.72. The van der Waals surface area contributed by atoms with Crippen molar-refractivity contribution in [1.82, 2.24) is 0 Å². The highest BCUT2D eigenvalue weighted by molar-refractivity contribution is 14.1. The number of carbonyl (C=O) groups excluding carboxylic acids is 3. The van der Waals surface area contributed by atoms with Gasteiger partial charge in [0.25, 0.3) is 10.1 Å². The van der Waals surface area contributed by atoms with E-state index in [1.54, 1.807) is 0 Å². The van der Waals surface area contributed by atoms with Crippen LogP contribution in [-0.4, -0.2) is 252 Å². The van der Waals surface area contributed by atoms with Crippen LogP contribution in [0.5, 0.6) is 0 Å². The van der Waals surface area contributed by atoms with E-state index in [-0.39, 0.29) is 55.4 Å². The van der Waals surface area contributed by atoms with Crippen LogP contribution in [0.2, 0.25) is 0 Å². The number of unbranched alkanes of at least 4 members (excludes halogenated alkanes) is 45. The number of aliphatic carboxylic acids is 1. The number of aliphatic hydroxyl groups excluding tert-OH is 1. The van der Waals surface area contributed by atoms with E-state index in [1.165, 1.54) is 313 Å². The molecule has 3 aliphatic rings. The van der Waals surface area contributed by atoms with Gasteiger partial charge in [-0.15, -0.1) is 0 Å². The third-order valence-corrected chi connectivity index (χ3v) is 24.3. The Bertz CT molecular complexity index is 2540. The molecule has 4 atom stereocenters. The van der Waals surface area contributed by atoms with Crippen molar-refractivity contribution >= 4 is 70.4 Å². The Kier molecular flexibility index (Phi) is 118. The van der Waals surface area contributed by atoms with Crippen LogP contribution in [0.4, 0.5) is 0 Å². The number of nitrogens with one attached hydrogen (secondary N) is 2. The molecular formula is C108H221ClIN2O22S2+. The zero-order valence-corrected chi connectivity index (χ0v) is 95.5. The van der Waals surface area contributed by atoms with Gasteiger partial charge < -0.3 is 81.6 Å². The monoisotopic (exact) mass is 2120 g/mol. The first kappa shape index (κ1) is 143. The molecule has 3 N–H and O–H groups in total. The number of quaternary nitrogens is 2. The standard InChI is InChI=1S/C25H49NO4.C21H41NO4.C17H36O5S.C16H33IO2.C16H34O3.C10H18O2.C2H6.CH3ClO2S/c1-5-6-7-8-9-10-11-12-13-14-19-28-21-22-29-20-18-26-17-15-16-23(26)24(27)30-25(2,3)4;1-2-3-4-5-6-7-8-9-10-11-16-25-18-19-26-17-15-22-14-12-13-20(22)21(23)24;1-3-4-5-6-7-8-9-10-11-12-13-20-14-15-21-16-17-22-23(2,18)19;2*1-2-3-4-5-6-7-8-9-10-11-13-18-15-16-19-14-12-17;1-10(2,3)12-9(11)8-6-4-5-7-8;1-2;1-5(2,3)4/h23H,5-22H2,1-4H3;20H,2-19H2,1H3,(H,23,24);3-17H2,1-2H3;2-16H2,1H3;17H,2-16H2,1H3;8H,4-7H2,1-3H3;1-2H3;1H3/p+1. The molecule has 136 heavy (non-hydrogen) atoms. The van der Waals surface area contributed by atoms with Crippen molar-refractivity contribution in [1.29, 1.82) is 0 Å². The first-order valence-electron chi connectivity index (χ1n) is 55.6. The number of carbonyl (C=O) groups is 3. The SMILES string of the molecule is CC.CC(C)(C)OC(=O)C1CCCC1.CCCCCCCCCCCCOCCOCCI.CCCCCCCCCCCCOCCOCCO.CCCCCCCCCCCCOCCOCCOS(C)(=O)=O.CCCCCCCCCCCCOCCOCC[NH+]1CCCC1C(=O)OC(C)(C)C.CCCCCCCCCCCCOCCOCC[NH+]1CCCC1C(=O)[O-].CS(=O)(=O)Cl. The van der Waals surface area contributed by atoms with Crippen LogP contribution < -0.4 is 14.9 Å². The molecule has 3 rings (SSSR count). The molecule has 2 aliphatic heterocycles. The van der Waals surface area contributed by atoms with E-state index >= 15 is 0 Å². The molecule has 0 aromatic rings. The van der Waals surface area contributed by atoms with Gasteiger partial charge in [0, 0.05) is 73.8 Å². The number of carboxylic acids is 1. The Morgan fingerprint density at radius 1 is 0.324 bits per heavy atom. The number of carboxylic acid groups (broad SMARTS) is 1. The van der Waals surface area contributed by atoms with E-state index in [4.69, 9.17) is 61.9 Å². The second-order valence-electron chi connectivity index (χ2n) is 38.7. The van der Waals surface area contributed by atoms with Crippen LogP contribution in [0, 0.1) is 5.92 Å². The van der Waals surface area contributed by atoms with Crippen molar-refractivity contribution in [3.05, 3.63) is 0 Å². The molecule has 0 aromatic heterocycles. The van der Waals surface area contributed by atoms with Crippen molar-refractivity contribution in [2.24, 2.45) is 5.92 Å². The van der Waals surface area contributed by atoms with E-state index < -0.39 is 30.7 Å². The number of aliphatic hydroxyl groups is 1. The molecule has 820 valence electrons. The molecule has 0 radical (unpaired) electrons. The Morgan fingerprint density at radius 2 is 0.544 bits per heavy atom. The summed E-state index contributed by atoms with van der Waals surface area (Å²) in [5.74, 6) is -0.795. The lowest BCUT2D eigenvalue weighted by atomic mass is 10.1. The maximum Gasteiger partial charge on any atom is 0.365 e. The van der Waals surface area contributed by atoms with Crippen molar-refractivity contribution < 1.29 is 112 Å². The summed E-state index contributed by atoms with van der Waals surface area (Å²) in [7, 11) is -2.05. The number of alkyl halides is 1. The van der Waals surface area contributed by atoms with E-state index in [0.29, 0.717) is 72.7 Å². The molecule has 0 aromatic carbocycles. The maximum atomic E-state index is 12.3. The number of hydrogen-bond donors (Lipinski definition) is 3. The maximum absolute atomic E-state index is 12.3. The second kappa shape index (κ2) is 113. The average molecular weight is 2130 g/mol. The summed E-state index contributed by atoms with van der Waals surface area (Å²) in [6.45, 7) is 43.9. The molecule has 24 nitrogen and oxygen atoms in total. The molecule has 1 aliphatic carbocycles. The zero-order valence-electron chi connectivity index (χ0n) is 90.9. The molecular weight excluding hydrogens is 1900 g/mol. The first-order chi connectivity index (χ1) is 65.6. The third-order valence-electron chi connectivity index (χ3n) is 23.2. The number of halogens is 2. The minimum absolute atomic E-state index is 0.000000000000000666. The molecule has 0 spiro atoms. The Morgan fingerprint density at radius 3 is 0.794 bits per heavy atom. The molecule has 28 heteroatoms. The summed E-state index contributed by atoms with van der Waals surface area (Å²) in [6.07, 6.45) is 77.6. The van der Waals surface area contributed by atoms with Gasteiger partial charge in [-0.25, -0.2) is 13.2 Å². The van der Waals surface area contributed by atoms with Gasteiger partial charge in [-0.1, -0.05) is 373 Å². The minimum Gasteiger partial charge on any atom is -0.544 e. The normalized spacial score (nSPS) is 15.4. The van der Waals surface area contributed by atoms with Gasteiger partial charge in [-0.05, 0) is 86.5 Å². The van der Waals surface area contributed by atoms with Gasteiger partial charge in [0.2, 0.25) is 9.05 Å². The van der Waals surface area contributed by atoms with E-state index in [1.807, 2.05) is 55.4 Å². The van der Waals surface area contributed by atoms with Crippen molar-refractivity contribution in [2.75, 3.05) is 188 Å². The highest BCUT2D eigenvalue weighted by Gasteiger charge is 2.38. The molecule has 2 heterocycles. The molecule has 2 saturated heterocycles. The van der Waals surface area contributed by atoms with Gasteiger partial charge in [0.1, 0.15) is 30.3 Å². The van der Waals surface area contributed by atoms with Gasteiger partial charge >= 0.3 is 11.9 Å². The highest BCUT2D eigenvalue weighted by Crippen LogP contribution is 2.28. The largest absolute Gasteiger partial charge is 0.544 e. The highest BCUT2D eigenvalue weighted by atomic mass is 127. The smallest absolute Gasteiger partial charge is 0.365 e. The van der Waals surface area contributed by atoms with Crippen LogP contribution in [0.3, 0.4) is 0 Å². The molecule has 4 unspecified atom stereocenters. The van der Waals surface area contributed by atoms with Crippen LogP contribution >= 0.6 is 33.3 Å². The van der Waals surface area contributed by atoms with Crippen LogP contribution in [0.15, 0.2) is 0 Å². The van der Waals surface area contributed by atoms with Gasteiger partial charge in [0.15, 0.2) is 6.04 Å². The lowest BCUT2D eigenvalue weighted by molar-refractivity contribution is -0.906. The fraction of sp³-hybridized carbons (Fsp3) is 0.972. The van der Waals surface area contributed by atoms with E-state index in [0.717, 1.165) is 165 Å². The quantitative estimate of drug-likeness (QED) is 0.0127. The lowest BCUT2D eigenvalue weighted by Gasteiger charge is -2.25. The summed E-state index contributed by atoms with van der Waals surface area (Å²) in [4.78, 5) is 37.2. The topological polar surface area (TPSA) is 292 Å². The Hall–Kier alpha value is -1.23. The number of ether oxygens (including phenoxy) is 12. The number of rotatable bonds is 87. The van der Waals surface area contributed by atoms with Gasteiger partial charge in [-0.2, -0.15) is 8.42 Å². The second-order valence-corrected chi connectivity index (χ2v) is 44.5. The van der Waals surface area contributed by atoms with Gasteiger partial charge in [0.05, 0.1) is 150 Å². The van der Waals surface area contributed by atoms with Crippen LogP contribution in [0.1, 0.15) is 462 Å². The first-order valence-corrected chi connectivity index (χ1v) is 61.7. The zero-order chi connectivity index (χ0) is 102. The molecule has 0 bridgehead atoms.